The van der Waals surface area contributed by atoms with E-state index in [1.807, 2.05) is 61.5 Å². The smallest absolute Gasteiger partial charge is 0.267 e. The van der Waals surface area contributed by atoms with Gasteiger partial charge in [-0.1, -0.05) is 35.9 Å². The third-order valence-electron chi connectivity index (χ3n) is 3.21. The monoisotopic (exact) mass is 309 g/mol. The van der Waals surface area contributed by atoms with Crippen LogP contribution in [0.4, 0.5) is 0 Å². The van der Waals surface area contributed by atoms with E-state index in [0.717, 1.165) is 15.8 Å². The summed E-state index contributed by atoms with van der Waals surface area (Å²) in [5, 5.41) is 0.946. The Morgan fingerprint density at radius 3 is 2.68 bits per heavy atom. The van der Waals surface area contributed by atoms with Gasteiger partial charge in [0.1, 0.15) is 0 Å². The van der Waals surface area contributed by atoms with E-state index < -0.39 is 0 Å². The van der Waals surface area contributed by atoms with Crippen LogP contribution in [0.3, 0.4) is 0 Å². The van der Waals surface area contributed by atoms with Gasteiger partial charge in [-0.25, -0.2) is 0 Å². The number of aryl methyl sites for hydroxylation is 1. The van der Waals surface area contributed by atoms with Crippen LogP contribution in [0.5, 0.6) is 0 Å². The molecule has 2 aromatic carbocycles. The summed E-state index contributed by atoms with van der Waals surface area (Å²) < 4.78 is 0. The number of carbonyl (C=O) groups is 1. The van der Waals surface area contributed by atoms with Crippen LogP contribution in [0, 0.1) is 6.92 Å². The molecule has 0 atom stereocenters. The summed E-state index contributed by atoms with van der Waals surface area (Å²) in [5.74, 6) is -0.210. The fraction of sp³-hybridized carbons (Fsp3) is 0.0588. The molecule has 0 radical (unpaired) electrons. The van der Waals surface area contributed by atoms with Crippen molar-refractivity contribution in [1.29, 1.82) is 0 Å². The molecule has 22 heavy (non-hydrogen) atoms. The molecule has 0 saturated carbocycles. The van der Waals surface area contributed by atoms with Crippen LogP contribution in [0.2, 0.25) is 0 Å². The number of nitrogens with zero attached hydrogens (tertiary/aromatic N) is 1. The number of fused-ring (bicyclic) bond motifs is 1. The van der Waals surface area contributed by atoms with Crippen molar-refractivity contribution in [2.24, 2.45) is 0 Å². The van der Waals surface area contributed by atoms with Crippen LogP contribution < -0.4 is 10.3 Å². The van der Waals surface area contributed by atoms with Crippen molar-refractivity contribution in [3.8, 4) is 0 Å². The van der Waals surface area contributed by atoms with Gasteiger partial charge in [-0.3, -0.25) is 15.2 Å². The van der Waals surface area contributed by atoms with Gasteiger partial charge in [0.05, 0.1) is 11.1 Å². The molecule has 1 aromatic heterocycles. The molecule has 110 valence electrons. The van der Waals surface area contributed by atoms with Gasteiger partial charge in [-0.2, -0.15) is 4.83 Å². The quantitative estimate of drug-likeness (QED) is 0.572. The number of aromatic nitrogens is 1. The zero-order valence-electron chi connectivity index (χ0n) is 12.0. The Bertz CT molecular complexity index is 802. The average molecular weight is 309 g/mol. The number of hydrogen-bond acceptors (Lipinski definition) is 4. The van der Waals surface area contributed by atoms with E-state index in [4.69, 9.17) is 0 Å². The fourth-order valence-electron chi connectivity index (χ4n) is 2.00. The summed E-state index contributed by atoms with van der Waals surface area (Å²) in [7, 11) is 0. The van der Waals surface area contributed by atoms with Crippen LogP contribution in [-0.4, -0.2) is 10.9 Å². The topological polar surface area (TPSA) is 54.0 Å². The molecular formula is C17H15N3OS. The number of carbonyl (C=O) groups excluding carboxylic acids is 1. The maximum atomic E-state index is 12.1. The second kappa shape index (κ2) is 6.60. The van der Waals surface area contributed by atoms with E-state index in [9.17, 15) is 4.79 Å². The molecule has 3 aromatic rings. The first-order valence-corrected chi connectivity index (χ1v) is 7.68. The molecule has 4 nitrogen and oxygen atoms in total. The molecule has 3 rings (SSSR count). The van der Waals surface area contributed by atoms with Crippen LogP contribution in [0.15, 0.2) is 65.7 Å². The highest BCUT2D eigenvalue weighted by atomic mass is 32.2. The lowest BCUT2D eigenvalue weighted by atomic mass is 10.1. The Morgan fingerprint density at radius 2 is 1.86 bits per heavy atom. The summed E-state index contributed by atoms with van der Waals surface area (Å²) >= 11 is 1.35. The molecule has 0 unspecified atom stereocenters. The van der Waals surface area contributed by atoms with Gasteiger partial charge in [0.15, 0.2) is 0 Å². The molecule has 0 bridgehead atoms. The molecule has 1 amide bonds. The summed E-state index contributed by atoms with van der Waals surface area (Å²) in [5.41, 5.74) is 5.26. The number of pyridine rings is 1. The highest BCUT2D eigenvalue weighted by Gasteiger charge is 2.06. The minimum absolute atomic E-state index is 0.210. The molecule has 0 saturated heterocycles. The molecule has 0 fully saturated rings. The van der Waals surface area contributed by atoms with Gasteiger partial charge < -0.3 is 0 Å². The molecule has 5 heteroatoms. The molecule has 1 heterocycles. The number of hydrazine groups is 1. The van der Waals surface area contributed by atoms with Gasteiger partial charge >= 0.3 is 0 Å². The van der Waals surface area contributed by atoms with Crippen molar-refractivity contribution >= 4 is 28.8 Å². The first-order chi connectivity index (χ1) is 10.7. The Hall–Kier alpha value is -2.37. The van der Waals surface area contributed by atoms with Gasteiger partial charge in [0.2, 0.25) is 0 Å². The van der Waals surface area contributed by atoms with Gasteiger partial charge in [0.25, 0.3) is 5.91 Å². The Labute approximate surface area is 133 Å². The van der Waals surface area contributed by atoms with Crippen LogP contribution in [-0.2, 0) is 0 Å². The predicted octanol–water partition coefficient (Wildman–Crippen LogP) is 3.48. The number of para-hydroxylation sites is 1. The average Bonchev–Trinajstić information content (AvgIpc) is 2.56. The lowest BCUT2D eigenvalue weighted by Gasteiger charge is -2.07. The minimum Gasteiger partial charge on any atom is -0.277 e. The van der Waals surface area contributed by atoms with E-state index in [-0.39, 0.29) is 5.91 Å². The second-order valence-electron chi connectivity index (χ2n) is 4.89. The van der Waals surface area contributed by atoms with Crippen molar-refractivity contribution in [2.75, 3.05) is 0 Å². The van der Waals surface area contributed by atoms with E-state index in [1.165, 1.54) is 17.5 Å². The van der Waals surface area contributed by atoms with Gasteiger partial charge in [-0.15, -0.1) is 0 Å². The molecule has 0 aliphatic carbocycles. The van der Waals surface area contributed by atoms with Gasteiger partial charge in [0, 0.05) is 16.5 Å². The lowest BCUT2D eigenvalue weighted by Crippen LogP contribution is -2.32. The SMILES string of the molecule is Cc1ccc(SNNC(=O)c2cnc3ccccc3c2)cc1. The first kappa shape index (κ1) is 14.6. The summed E-state index contributed by atoms with van der Waals surface area (Å²) in [6.07, 6.45) is 1.58. The predicted molar refractivity (Wildman–Crippen MR) is 89.4 cm³/mol. The zero-order chi connectivity index (χ0) is 15.4. The molecular weight excluding hydrogens is 294 g/mol. The van der Waals surface area contributed by atoms with E-state index >= 15 is 0 Å². The normalized spacial score (nSPS) is 10.6. The van der Waals surface area contributed by atoms with E-state index in [0.29, 0.717) is 5.56 Å². The van der Waals surface area contributed by atoms with Crippen LogP contribution in [0.1, 0.15) is 15.9 Å². The highest BCUT2D eigenvalue weighted by Crippen LogP contribution is 2.15. The van der Waals surface area contributed by atoms with Crippen molar-refractivity contribution in [3.05, 3.63) is 71.9 Å². The Balaban J connectivity index is 1.62. The molecule has 0 spiro atoms. The van der Waals surface area contributed by atoms with Gasteiger partial charge in [-0.05, 0) is 43.1 Å². The van der Waals surface area contributed by atoms with E-state index in [1.54, 1.807) is 6.20 Å². The van der Waals surface area contributed by atoms with Crippen molar-refractivity contribution < 1.29 is 4.79 Å². The largest absolute Gasteiger partial charge is 0.277 e. The number of benzene rings is 2. The molecule has 0 aliphatic rings. The van der Waals surface area contributed by atoms with E-state index in [2.05, 4.69) is 15.2 Å². The lowest BCUT2D eigenvalue weighted by molar-refractivity contribution is 0.0947. The maximum Gasteiger partial charge on any atom is 0.267 e. The summed E-state index contributed by atoms with van der Waals surface area (Å²) in [6.45, 7) is 2.04. The van der Waals surface area contributed by atoms with Crippen molar-refractivity contribution in [2.45, 2.75) is 11.8 Å². The Kier molecular flexibility index (Phi) is 4.37. The molecule has 2 N–H and O–H groups in total. The zero-order valence-corrected chi connectivity index (χ0v) is 12.9. The maximum absolute atomic E-state index is 12.1. The number of amides is 1. The number of rotatable bonds is 4. The second-order valence-corrected chi connectivity index (χ2v) is 5.77. The molecule has 0 aliphatic heterocycles. The summed E-state index contributed by atoms with van der Waals surface area (Å²) in [6, 6.07) is 17.6. The fourth-order valence-corrected chi connectivity index (χ4v) is 2.54. The van der Waals surface area contributed by atoms with Crippen LogP contribution in [0.25, 0.3) is 10.9 Å². The minimum atomic E-state index is -0.210. The van der Waals surface area contributed by atoms with Crippen LogP contribution >= 0.6 is 11.9 Å². The Morgan fingerprint density at radius 1 is 1.09 bits per heavy atom. The van der Waals surface area contributed by atoms with Crippen molar-refractivity contribution in [3.63, 3.8) is 0 Å². The van der Waals surface area contributed by atoms with Crippen molar-refractivity contribution in [1.82, 2.24) is 15.2 Å². The highest BCUT2D eigenvalue weighted by molar-refractivity contribution is 7.97. The summed E-state index contributed by atoms with van der Waals surface area (Å²) in [4.78, 5) is 20.3. The standard InChI is InChI=1S/C17H15N3OS/c1-12-6-8-15(9-7-12)22-20-19-17(21)14-10-13-4-2-3-5-16(13)18-11-14/h2-11,20H,1H3,(H,19,21). The third-order valence-corrected chi connectivity index (χ3v) is 3.92. The number of nitrogens with one attached hydrogen (secondary N) is 2. The first-order valence-electron chi connectivity index (χ1n) is 6.86. The number of hydrogen-bond donors (Lipinski definition) is 2. The third kappa shape index (κ3) is 3.44.